The Morgan fingerprint density at radius 2 is 1.18 bits per heavy atom. The summed E-state index contributed by atoms with van der Waals surface area (Å²) in [4.78, 5) is 44.8. The number of fused-ring (bicyclic) bond motifs is 1. The lowest BCUT2D eigenvalue weighted by atomic mass is 10.0. The molecule has 57 heavy (non-hydrogen) atoms. The van der Waals surface area contributed by atoms with Crippen molar-refractivity contribution in [3.63, 3.8) is 0 Å². The maximum atomic E-state index is 13.4. The second kappa shape index (κ2) is 34.2. The van der Waals surface area contributed by atoms with Crippen molar-refractivity contribution in [1.29, 1.82) is 0 Å². The summed E-state index contributed by atoms with van der Waals surface area (Å²) >= 11 is 1.45. The van der Waals surface area contributed by atoms with Gasteiger partial charge in [0.2, 0.25) is 11.8 Å². The van der Waals surface area contributed by atoms with Crippen LogP contribution < -0.4 is 5.32 Å². The van der Waals surface area contributed by atoms with E-state index in [4.69, 9.17) is 4.74 Å². The van der Waals surface area contributed by atoms with Gasteiger partial charge in [-0.05, 0) is 103 Å². The number of nitrogens with zero attached hydrogens (tertiary/aromatic N) is 2. The first kappa shape index (κ1) is 50.4. The summed E-state index contributed by atoms with van der Waals surface area (Å²) in [6, 6.07) is 0. The minimum atomic E-state index is -0.368. The number of carbonyl (C=O) groups excluding carboxylic acids is 3. The first-order valence-corrected chi connectivity index (χ1v) is 24.2. The van der Waals surface area contributed by atoms with E-state index in [0.29, 0.717) is 49.5 Å². The number of nitrogens with one attached hydrogen (secondary N) is 1. The van der Waals surface area contributed by atoms with Gasteiger partial charge in [-0.2, -0.15) is 0 Å². The molecule has 1 aliphatic heterocycles. The lowest BCUT2D eigenvalue weighted by Gasteiger charge is -2.27. The third-order valence-electron chi connectivity index (χ3n) is 10.9. The standard InChI is InChI=1S/C49H83N3O4S/c1-5-7-9-11-13-15-17-19-21-23-25-27-29-31-33-36-45(53)50-48-47(49(55)56-41-35-39-51(3)4)43-38-40-52(42-44(43)57-48)46(54)37-34-32-30-28-26-24-22-20-18-16-14-12-10-8-6-2/h14,16,19-22H,5-13,15,17-18,23-42H2,1-4H3,(H,50,53)/b16-14-,21-19-,22-20-. The highest BCUT2D eigenvalue weighted by atomic mass is 32.1. The maximum Gasteiger partial charge on any atom is 0.341 e. The van der Waals surface area contributed by atoms with E-state index < -0.39 is 0 Å². The minimum Gasteiger partial charge on any atom is -0.462 e. The van der Waals surface area contributed by atoms with Crippen LogP contribution in [-0.2, 0) is 27.3 Å². The monoisotopic (exact) mass is 810 g/mol. The van der Waals surface area contributed by atoms with E-state index >= 15 is 0 Å². The molecule has 2 amide bonds. The predicted molar refractivity (Wildman–Crippen MR) is 244 cm³/mol. The predicted octanol–water partition coefficient (Wildman–Crippen LogP) is 13.5. The Bertz CT molecular complexity index is 1300. The molecule has 1 aromatic rings. The van der Waals surface area contributed by atoms with Crippen LogP contribution in [0.2, 0.25) is 0 Å². The number of rotatable bonds is 35. The van der Waals surface area contributed by atoms with Crippen molar-refractivity contribution >= 4 is 34.1 Å². The number of amides is 2. The van der Waals surface area contributed by atoms with Crippen LogP contribution in [0.5, 0.6) is 0 Å². The highest BCUT2D eigenvalue weighted by Gasteiger charge is 2.31. The van der Waals surface area contributed by atoms with E-state index in [0.717, 1.165) is 81.2 Å². The number of allylic oxidation sites excluding steroid dienone is 6. The summed E-state index contributed by atoms with van der Waals surface area (Å²) in [6.07, 6.45) is 44.9. The molecule has 0 saturated carbocycles. The van der Waals surface area contributed by atoms with E-state index in [1.807, 2.05) is 19.0 Å². The maximum absolute atomic E-state index is 13.4. The van der Waals surface area contributed by atoms with E-state index in [1.54, 1.807) is 0 Å². The molecule has 0 atom stereocenters. The molecule has 7 nitrogen and oxygen atoms in total. The largest absolute Gasteiger partial charge is 0.462 e. The van der Waals surface area contributed by atoms with Gasteiger partial charge in [0.1, 0.15) is 5.00 Å². The van der Waals surface area contributed by atoms with Crippen molar-refractivity contribution in [2.75, 3.05) is 39.1 Å². The lowest BCUT2D eigenvalue weighted by Crippen LogP contribution is -2.35. The lowest BCUT2D eigenvalue weighted by molar-refractivity contribution is -0.132. The molecule has 0 aliphatic carbocycles. The van der Waals surface area contributed by atoms with E-state index in [-0.39, 0.29) is 17.8 Å². The zero-order chi connectivity index (χ0) is 41.2. The van der Waals surface area contributed by atoms with Crippen molar-refractivity contribution in [1.82, 2.24) is 9.80 Å². The van der Waals surface area contributed by atoms with Gasteiger partial charge < -0.3 is 19.9 Å². The van der Waals surface area contributed by atoms with Gasteiger partial charge >= 0.3 is 5.97 Å². The second-order valence-electron chi connectivity index (χ2n) is 16.4. The van der Waals surface area contributed by atoms with Crippen LogP contribution in [0.15, 0.2) is 36.5 Å². The molecule has 8 heteroatoms. The fourth-order valence-corrected chi connectivity index (χ4v) is 8.60. The van der Waals surface area contributed by atoms with Gasteiger partial charge in [0.05, 0.1) is 18.7 Å². The highest BCUT2D eigenvalue weighted by molar-refractivity contribution is 7.17. The Morgan fingerprint density at radius 3 is 1.77 bits per heavy atom. The number of hydrogen-bond donors (Lipinski definition) is 1. The van der Waals surface area contributed by atoms with E-state index in [9.17, 15) is 14.4 Å². The third kappa shape index (κ3) is 24.7. The van der Waals surface area contributed by atoms with Crippen molar-refractivity contribution in [2.45, 2.75) is 200 Å². The van der Waals surface area contributed by atoms with Gasteiger partial charge in [0.15, 0.2) is 0 Å². The SMILES string of the molecule is CCCCC/C=C\C/C=C\CCCCCCCC(=O)N1CCc2c(sc(NC(=O)CCCCCCC/C=C\CCCCCCCC)c2C(=O)OCCCN(C)C)C1. The van der Waals surface area contributed by atoms with Crippen molar-refractivity contribution in [3.8, 4) is 0 Å². The van der Waals surface area contributed by atoms with Crippen LogP contribution in [0.4, 0.5) is 5.00 Å². The van der Waals surface area contributed by atoms with Gasteiger partial charge in [-0.3, -0.25) is 9.59 Å². The summed E-state index contributed by atoms with van der Waals surface area (Å²) in [7, 11) is 4.01. The summed E-state index contributed by atoms with van der Waals surface area (Å²) in [6.45, 7) is 6.76. The quantitative estimate of drug-likeness (QED) is 0.0420. The number of unbranched alkanes of at least 4 members (excludes halogenated alkanes) is 19. The first-order valence-electron chi connectivity index (χ1n) is 23.4. The Balaban J connectivity index is 1.74. The summed E-state index contributed by atoms with van der Waals surface area (Å²) in [5.74, 6) is -0.239. The molecule has 1 N–H and O–H groups in total. The average molecular weight is 810 g/mol. The molecular weight excluding hydrogens is 727 g/mol. The molecule has 1 aliphatic rings. The van der Waals surface area contributed by atoms with Crippen LogP contribution >= 0.6 is 11.3 Å². The van der Waals surface area contributed by atoms with Crippen LogP contribution in [-0.4, -0.2) is 61.4 Å². The Morgan fingerprint density at radius 1 is 0.667 bits per heavy atom. The molecule has 0 radical (unpaired) electrons. The van der Waals surface area contributed by atoms with Gasteiger partial charge in [-0.1, -0.05) is 134 Å². The molecule has 0 fully saturated rings. The zero-order valence-corrected chi connectivity index (χ0v) is 37.8. The molecule has 2 heterocycles. The number of thiophene rings is 1. The molecule has 0 aromatic carbocycles. The second-order valence-corrected chi connectivity index (χ2v) is 17.5. The fraction of sp³-hybridized carbons (Fsp3) is 0.735. The number of anilines is 1. The molecular formula is C49H83N3O4S. The van der Waals surface area contributed by atoms with Crippen LogP contribution in [0, 0.1) is 0 Å². The van der Waals surface area contributed by atoms with E-state index in [1.165, 1.54) is 108 Å². The summed E-state index contributed by atoms with van der Waals surface area (Å²) in [5.41, 5.74) is 1.44. The molecule has 324 valence electrons. The molecule has 0 bridgehead atoms. The average Bonchev–Trinajstić information content (AvgIpc) is 3.56. The van der Waals surface area contributed by atoms with Gasteiger partial charge in [-0.25, -0.2) is 4.79 Å². The Labute approximate surface area is 353 Å². The topological polar surface area (TPSA) is 79.0 Å². The van der Waals surface area contributed by atoms with E-state index in [2.05, 4.69) is 60.5 Å². The number of hydrogen-bond acceptors (Lipinski definition) is 6. The molecule has 2 rings (SSSR count). The Hall–Kier alpha value is -2.71. The number of esters is 1. The van der Waals surface area contributed by atoms with Gasteiger partial charge in [-0.15, -0.1) is 11.3 Å². The first-order chi connectivity index (χ1) is 27.9. The Kier molecular flexibility index (Phi) is 30.2. The third-order valence-corrected chi connectivity index (χ3v) is 12.0. The van der Waals surface area contributed by atoms with Crippen molar-refractivity contribution in [2.24, 2.45) is 0 Å². The fourth-order valence-electron chi connectivity index (χ4n) is 7.33. The number of carbonyl (C=O) groups is 3. The normalized spacial score (nSPS) is 13.1. The zero-order valence-electron chi connectivity index (χ0n) is 37.0. The van der Waals surface area contributed by atoms with Gasteiger partial charge in [0, 0.05) is 30.8 Å². The van der Waals surface area contributed by atoms with Gasteiger partial charge in [0.25, 0.3) is 0 Å². The molecule has 0 unspecified atom stereocenters. The summed E-state index contributed by atoms with van der Waals surface area (Å²) in [5, 5.41) is 3.67. The van der Waals surface area contributed by atoms with Crippen LogP contribution in [0.3, 0.4) is 0 Å². The molecule has 0 spiro atoms. The minimum absolute atomic E-state index is 0.0536. The summed E-state index contributed by atoms with van der Waals surface area (Å²) < 4.78 is 5.73. The van der Waals surface area contributed by atoms with Crippen molar-refractivity contribution in [3.05, 3.63) is 52.5 Å². The molecule has 0 saturated heterocycles. The van der Waals surface area contributed by atoms with Crippen LogP contribution in [0.1, 0.15) is 208 Å². The highest BCUT2D eigenvalue weighted by Crippen LogP contribution is 2.38. The smallest absolute Gasteiger partial charge is 0.341 e. The number of ether oxygens (including phenoxy) is 1. The molecule has 1 aromatic heterocycles. The van der Waals surface area contributed by atoms with Crippen LogP contribution in [0.25, 0.3) is 0 Å². The van der Waals surface area contributed by atoms with Crippen molar-refractivity contribution < 1.29 is 19.1 Å².